The van der Waals surface area contributed by atoms with Crippen molar-refractivity contribution in [3.05, 3.63) is 107 Å². The Morgan fingerprint density at radius 2 is 1.65 bits per heavy atom. The standard InChI is InChI=1S/C41H49ClFN5O7/c1-6-14-47-23-31(25(2)26(3)39(47)50)28-21-36(53-4)30(37(22-28)54-5)11-15-45-16-12-35(33(43)24-45)55-29-9-17-46(18-10-29)40(51)27-7-8-32(42)34(20-27)48-19-13-38(49)44-41(48)52/h7-8,13,19-23,29,33,35H,6,9-12,14-18,24H2,1-5H3,(H,44,49,52)/t33-,35-/m1/s1. The zero-order valence-electron chi connectivity index (χ0n) is 32.0. The second-order valence-electron chi connectivity index (χ2n) is 14.3. The number of nitrogens with one attached hydrogen (secondary N) is 1. The van der Waals surface area contributed by atoms with Crippen LogP contribution in [0, 0.1) is 13.8 Å². The molecule has 1 N–H and O–H groups in total. The molecule has 12 nitrogen and oxygen atoms in total. The molecule has 6 rings (SSSR count). The molecule has 0 radical (unpaired) electrons. The van der Waals surface area contributed by atoms with Crippen molar-refractivity contribution in [1.82, 2.24) is 23.9 Å². The molecule has 2 aromatic carbocycles. The fourth-order valence-electron chi connectivity index (χ4n) is 7.61. The van der Waals surface area contributed by atoms with Gasteiger partial charge in [-0.15, -0.1) is 0 Å². The van der Waals surface area contributed by atoms with Crippen LogP contribution in [0.4, 0.5) is 4.39 Å². The number of nitrogens with zero attached hydrogens (tertiary/aromatic N) is 4. The van der Waals surface area contributed by atoms with E-state index in [2.05, 4.69) is 9.88 Å². The molecule has 2 saturated heterocycles. The normalized spacial score (nSPS) is 18.1. The highest BCUT2D eigenvalue weighted by Crippen LogP contribution is 2.37. The first-order valence-corrected chi connectivity index (χ1v) is 19.2. The molecular weight excluding hydrogens is 729 g/mol. The Hall–Kier alpha value is -4.72. The lowest BCUT2D eigenvalue weighted by atomic mass is 9.96. The summed E-state index contributed by atoms with van der Waals surface area (Å²) in [6.45, 7) is 8.94. The van der Waals surface area contributed by atoms with Crippen LogP contribution in [0.1, 0.15) is 59.7 Å². The lowest BCUT2D eigenvalue weighted by Gasteiger charge is -2.38. The van der Waals surface area contributed by atoms with Crippen LogP contribution < -0.4 is 26.3 Å². The van der Waals surface area contributed by atoms with Gasteiger partial charge in [-0.3, -0.25) is 28.8 Å². The van der Waals surface area contributed by atoms with Crippen molar-refractivity contribution in [2.45, 2.75) is 77.8 Å². The minimum atomic E-state index is -1.16. The van der Waals surface area contributed by atoms with E-state index >= 15 is 4.39 Å². The van der Waals surface area contributed by atoms with Gasteiger partial charge in [0.05, 0.1) is 37.1 Å². The van der Waals surface area contributed by atoms with E-state index in [1.807, 2.05) is 39.1 Å². The molecule has 0 bridgehead atoms. The number of methoxy groups -OCH3 is 2. The first-order valence-electron chi connectivity index (χ1n) is 18.8. The molecule has 14 heteroatoms. The molecule has 4 heterocycles. The third-order valence-corrected chi connectivity index (χ3v) is 11.2. The van der Waals surface area contributed by atoms with E-state index < -0.39 is 23.5 Å². The van der Waals surface area contributed by atoms with Crippen molar-refractivity contribution < 1.29 is 23.4 Å². The number of benzene rings is 2. The van der Waals surface area contributed by atoms with Gasteiger partial charge in [0.2, 0.25) is 0 Å². The number of likely N-dealkylation sites (tertiary alicyclic amines) is 2. The number of amides is 1. The number of aromatic nitrogens is 3. The predicted octanol–water partition coefficient (Wildman–Crippen LogP) is 5.33. The van der Waals surface area contributed by atoms with Gasteiger partial charge in [-0.25, -0.2) is 9.18 Å². The summed E-state index contributed by atoms with van der Waals surface area (Å²) in [5, 5.41) is 0.258. The van der Waals surface area contributed by atoms with Crippen LogP contribution >= 0.6 is 11.6 Å². The molecule has 1 amide bonds. The Morgan fingerprint density at radius 1 is 0.945 bits per heavy atom. The van der Waals surface area contributed by atoms with Crippen LogP contribution in [0.3, 0.4) is 0 Å². The number of aromatic amines is 1. The largest absolute Gasteiger partial charge is 0.496 e. The average molecular weight is 778 g/mol. The SMILES string of the molecule is CCCn1cc(-c2cc(OC)c(CCN3CC[C@@H](OC4CCN(C(=O)c5ccc(Cl)c(-n6ccc(=O)[nH]c6=O)c5)CC4)[C@H](F)C3)c(OC)c2)c(C)c(C)c1=O. The van der Waals surface area contributed by atoms with Gasteiger partial charge in [-0.05, 0) is 87.4 Å². The number of alkyl halides is 1. The molecule has 2 fully saturated rings. The molecular formula is C41H49ClFN5O7. The van der Waals surface area contributed by atoms with Crippen LogP contribution in [0.2, 0.25) is 5.02 Å². The van der Waals surface area contributed by atoms with Gasteiger partial charge in [-0.1, -0.05) is 18.5 Å². The van der Waals surface area contributed by atoms with E-state index in [1.165, 1.54) is 22.9 Å². The molecule has 2 aromatic heterocycles. The fourth-order valence-corrected chi connectivity index (χ4v) is 7.82. The molecule has 0 saturated carbocycles. The van der Waals surface area contributed by atoms with Gasteiger partial charge in [0, 0.05) is 80.0 Å². The molecule has 294 valence electrons. The van der Waals surface area contributed by atoms with Crippen molar-refractivity contribution in [2.24, 2.45) is 0 Å². The maximum atomic E-state index is 15.6. The topological polar surface area (TPSA) is 128 Å². The molecule has 0 aliphatic carbocycles. The third-order valence-electron chi connectivity index (χ3n) is 10.8. The lowest BCUT2D eigenvalue weighted by Crippen LogP contribution is -2.49. The molecule has 2 aliphatic rings. The van der Waals surface area contributed by atoms with Crippen LogP contribution in [-0.4, -0.2) is 95.1 Å². The van der Waals surface area contributed by atoms with Crippen LogP contribution in [0.15, 0.2) is 63.2 Å². The van der Waals surface area contributed by atoms with E-state index in [-0.39, 0.29) is 34.8 Å². The zero-order valence-corrected chi connectivity index (χ0v) is 32.8. The Morgan fingerprint density at radius 3 is 2.29 bits per heavy atom. The number of ether oxygens (including phenoxy) is 3. The summed E-state index contributed by atoms with van der Waals surface area (Å²) in [6.07, 6.45) is 4.53. The number of hydrogen-bond donors (Lipinski definition) is 1. The van der Waals surface area contributed by atoms with Crippen molar-refractivity contribution >= 4 is 17.5 Å². The van der Waals surface area contributed by atoms with E-state index in [0.717, 1.165) is 34.2 Å². The fraction of sp³-hybridized carbons (Fsp3) is 0.463. The van der Waals surface area contributed by atoms with E-state index in [4.69, 9.17) is 25.8 Å². The summed E-state index contributed by atoms with van der Waals surface area (Å²) in [5.41, 5.74) is 3.88. The summed E-state index contributed by atoms with van der Waals surface area (Å²) in [5.74, 6) is 1.15. The molecule has 2 aliphatic heterocycles. The average Bonchev–Trinajstić information content (AvgIpc) is 3.18. The van der Waals surface area contributed by atoms with E-state index in [1.54, 1.807) is 35.8 Å². The summed E-state index contributed by atoms with van der Waals surface area (Å²) < 4.78 is 36.6. The van der Waals surface area contributed by atoms with E-state index in [9.17, 15) is 19.2 Å². The number of rotatable bonds is 12. The number of piperidine rings is 2. The highest BCUT2D eigenvalue weighted by molar-refractivity contribution is 6.32. The number of carbonyl (C=O) groups is 1. The number of aryl methyl sites for hydroxylation is 1. The van der Waals surface area contributed by atoms with Gasteiger partial charge in [0.15, 0.2) is 0 Å². The van der Waals surface area contributed by atoms with Crippen molar-refractivity contribution in [3.8, 4) is 28.3 Å². The van der Waals surface area contributed by atoms with Crippen LogP contribution in [0.25, 0.3) is 16.8 Å². The summed E-state index contributed by atoms with van der Waals surface area (Å²) in [7, 11) is 3.26. The zero-order chi connectivity index (χ0) is 39.4. The first kappa shape index (κ1) is 40.0. The number of H-pyrrole nitrogens is 1. The Labute approximate surface area is 324 Å². The van der Waals surface area contributed by atoms with Gasteiger partial charge >= 0.3 is 5.69 Å². The highest BCUT2D eigenvalue weighted by Gasteiger charge is 2.34. The van der Waals surface area contributed by atoms with E-state index in [0.29, 0.717) is 75.5 Å². The summed E-state index contributed by atoms with van der Waals surface area (Å²) >= 11 is 6.34. The summed E-state index contributed by atoms with van der Waals surface area (Å²) in [6, 6.07) is 9.88. The van der Waals surface area contributed by atoms with Gasteiger partial charge in [0.25, 0.3) is 17.0 Å². The van der Waals surface area contributed by atoms with Crippen LogP contribution in [-0.2, 0) is 17.7 Å². The van der Waals surface area contributed by atoms with Crippen molar-refractivity contribution in [2.75, 3.05) is 46.9 Å². The second kappa shape index (κ2) is 17.4. The minimum absolute atomic E-state index is 0.0212. The third kappa shape index (κ3) is 8.74. The Bertz CT molecular complexity index is 2190. The smallest absolute Gasteiger partial charge is 0.332 e. The highest BCUT2D eigenvalue weighted by atomic mass is 35.5. The van der Waals surface area contributed by atoms with Gasteiger partial charge in [0.1, 0.15) is 17.7 Å². The van der Waals surface area contributed by atoms with Gasteiger partial charge in [-0.2, -0.15) is 0 Å². The van der Waals surface area contributed by atoms with Crippen LogP contribution in [0.5, 0.6) is 11.5 Å². The number of hydrogen-bond acceptors (Lipinski definition) is 8. The maximum absolute atomic E-state index is 15.6. The molecule has 0 spiro atoms. The quantitative estimate of drug-likeness (QED) is 0.205. The summed E-state index contributed by atoms with van der Waals surface area (Å²) in [4.78, 5) is 56.1. The maximum Gasteiger partial charge on any atom is 0.332 e. The number of carbonyl (C=O) groups excluding carboxylic acids is 1. The molecule has 4 aromatic rings. The number of pyridine rings is 1. The first-order chi connectivity index (χ1) is 26.4. The molecule has 55 heavy (non-hydrogen) atoms. The Balaban J connectivity index is 1.03. The van der Waals surface area contributed by atoms with Gasteiger partial charge < -0.3 is 23.7 Å². The van der Waals surface area contributed by atoms with Crippen molar-refractivity contribution in [3.63, 3.8) is 0 Å². The number of halogens is 2. The second-order valence-corrected chi connectivity index (χ2v) is 14.7. The monoisotopic (exact) mass is 777 g/mol. The minimum Gasteiger partial charge on any atom is -0.496 e. The Kier molecular flexibility index (Phi) is 12.6. The van der Waals surface area contributed by atoms with Crippen molar-refractivity contribution in [1.29, 1.82) is 0 Å². The lowest BCUT2D eigenvalue weighted by molar-refractivity contribution is -0.0963. The predicted molar refractivity (Wildman–Crippen MR) is 210 cm³/mol. The molecule has 2 atom stereocenters. The molecule has 0 unspecified atom stereocenters.